The molecule has 5 nitrogen and oxygen atoms in total. The number of carbonyl (C=O) groups excluding carboxylic acids is 1. The zero-order valence-corrected chi connectivity index (χ0v) is 15.6. The summed E-state index contributed by atoms with van der Waals surface area (Å²) < 4.78 is 27.1. The molecule has 0 unspecified atom stereocenters. The Morgan fingerprint density at radius 1 is 1.16 bits per heavy atom. The molecule has 1 heterocycles. The van der Waals surface area contributed by atoms with Crippen LogP contribution in [-0.4, -0.2) is 26.9 Å². The molecule has 1 N–H and O–H groups in total. The summed E-state index contributed by atoms with van der Waals surface area (Å²) in [5.41, 5.74) is 2.02. The molecule has 2 aromatic rings. The highest BCUT2D eigenvalue weighted by Gasteiger charge is 2.31. The molecular formula is C18H19ClN2O3S. The SMILES string of the molecule is CC(C)NC(=O)c1ccc2c(c1)CCN2S(=O)(=O)c1ccc(Cl)cc1. The summed E-state index contributed by atoms with van der Waals surface area (Å²) in [6.45, 7) is 4.15. The average molecular weight is 379 g/mol. The van der Waals surface area contributed by atoms with E-state index in [1.165, 1.54) is 16.4 Å². The maximum atomic E-state index is 12.9. The molecule has 2 aromatic carbocycles. The summed E-state index contributed by atoms with van der Waals surface area (Å²) in [7, 11) is -3.65. The summed E-state index contributed by atoms with van der Waals surface area (Å²) in [4.78, 5) is 12.3. The van der Waals surface area contributed by atoms with Gasteiger partial charge in [-0.3, -0.25) is 9.10 Å². The van der Waals surface area contributed by atoms with Gasteiger partial charge in [0.25, 0.3) is 15.9 Å². The first-order valence-electron chi connectivity index (χ1n) is 8.01. The van der Waals surface area contributed by atoms with Crippen molar-refractivity contribution in [3.8, 4) is 0 Å². The molecule has 1 amide bonds. The van der Waals surface area contributed by atoms with Crippen LogP contribution >= 0.6 is 11.6 Å². The minimum atomic E-state index is -3.65. The van der Waals surface area contributed by atoms with Gasteiger partial charge in [-0.15, -0.1) is 0 Å². The topological polar surface area (TPSA) is 66.5 Å². The van der Waals surface area contributed by atoms with Crippen LogP contribution in [0, 0.1) is 0 Å². The first-order valence-corrected chi connectivity index (χ1v) is 9.83. The van der Waals surface area contributed by atoms with E-state index in [-0.39, 0.29) is 16.8 Å². The van der Waals surface area contributed by atoms with Crippen molar-refractivity contribution >= 4 is 33.2 Å². The highest BCUT2D eigenvalue weighted by atomic mass is 35.5. The number of anilines is 1. The Balaban J connectivity index is 1.92. The lowest BCUT2D eigenvalue weighted by Gasteiger charge is -2.20. The lowest BCUT2D eigenvalue weighted by Crippen LogP contribution is -2.30. The molecule has 1 aliphatic rings. The summed E-state index contributed by atoms with van der Waals surface area (Å²) in [6, 6.07) is 11.3. The number of nitrogens with one attached hydrogen (secondary N) is 1. The second kappa shape index (κ2) is 6.69. The third-order valence-electron chi connectivity index (χ3n) is 4.02. The van der Waals surface area contributed by atoms with E-state index in [1.54, 1.807) is 30.3 Å². The number of hydrogen-bond donors (Lipinski definition) is 1. The van der Waals surface area contributed by atoms with E-state index >= 15 is 0 Å². The van der Waals surface area contributed by atoms with Gasteiger partial charge in [0.1, 0.15) is 0 Å². The molecule has 7 heteroatoms. The van der Waals surface area contributed by atoms with E-state index in [0.29, 0.717) is 29.2 Å². The van der Waals surface area contributed by atoms with Gasteiger partial charge in [-0.25, -0.2) is 8.42 Å². The van der Waals surface area contributed by atoms with Crippen LogP contribution in [0.2, 0.25) is 5.02 Å². The predicted octanol–water partition coefficient (Wildman–Crippen LogP) is 3.23. The standard InChI is InChI=1S/C18H19ClN2O3S/c1-12(2)20-18(22)14-3-8-17-13(11-14)9-10-21(17)25(23,24)16-6-4-15(19)5-7-16/h3-8,11-12H,9-10H2,1-2H3,(H,20,22). The number of benzene rings is 2. The maximum Gasteiger partial charge on any atom is 0.264 e. The van der Waals surface area contributed by atoms with E-state index in [2.05, 4.69) is 5.32 Å². The fourth-order valence-electron chi connectivity index (χ4n) is 2.84. The van der Waals surface area contributed by atoms with Gasteiger partial charge < -0.3 is 5.32 Å². The van der Waals surface area contributed by atoms with Gasteiger partial charge in [0.2, 0.25) is 0 Å². The third-order valence-corrected chi connectivity index (χ3v) is 6.10. The first-order chi connectivity index (χ1) is 11.8. The molecule has 0 bridgehead atoms. The van der Waals surface area contributed by atoms with E-state index < -0.39 is 10.0 Å². The molecule has 0 fully saturated rings. The van der Waals surface area contributed by atoms with Crippen LogP contribution in [-0.2, 0) is 16.4 Å². The van der Waals surface area contributed by atoms with Crippen molar-refractivity contribution in [1.82, 2.24) is 5.32 Å². The fraction of sp³-hybridized carbons (Fsp3) is 0.278. The van der Waals surface area contributed by atoms with Gasteiger partial charge >= 0.3 is 0 Å². The molecule has 132 valence electrons. The van der Waals surface area contributed by atoms with Gasteiger partial charge in [-0.2, -0.15) is 0 Å². The van der Waals surface area contributed by atoms with Crippen molar-refractivity contribution in [3.05, 3.63) is 58.6 Å². The Bertz CT molecular complexity index is 908. The quantitative estimate of drug-likeness (QED) is 0.888. The Kier molecular flexibility index (Phi) is 4.75. The molecular weight excluding hydrogens is 360 g/mol. The zero-order valence-electron chi connectivity index (χ0n) is 14.0. The second-order valence-corrected chi connectivity index (χ2v) is 8.55. The fourth-order valence-corrected chi connectivity index (χ4v) is 4.47. The van der Waals surface area contributed by atoms with Crippen LogP contribution in [0.15, 0.2) is 47.4 Å². The van der Waals surface area contributed by atoms with Crippen LogP contribution < -0.4 is 9.62 Å². The highest BCUT2D eigenvalue weighted by molar-refractivity contribution is 7.92. The van der Waals surface area contributed by atoms with E-state index in [1.807, 2.05) is 13.8 Å². The monoisotopic (exact) mass is 378 g/mol. The van der Waals surface area contributed by atoms with Crippen LogP contribution in [0.25, 0.3) is 0 Å². The Morgan fingerprint density at radius 3 is 2.48 bits per heavy atom. The number of hydrogen-bond acceptors (Lipinski definition) is 3. The maximum absolute atomic E-state index is 12.9. The minimum Gasteiger partial charge on any atom is -0.350 e. The van der Waals surface area contributed by atoms with Gasteiger partial charge in [0.15, 0.2) is 0 Å². The molecule has 0 spiro atoms. The number of nitrogens with zero attached hydrogens (tertiary/aromatic N) is 1. The normalized spacial score (nSPS) is 13.8. The van der Waals surface area contributed by atoms with Gasteiger partial charge in [0, 0.05) is 23.2 Å². The summed E-state index contributed by atoms with van der Waals surface area (Å²) in [6.07, 6.45) is 0.574. The van der Waals surface area contributed by atoms with Crippen molar-refractivity contribution in [2.75, 3.05) is 10.8 Å². The Hall–Kier alpha value is -2.05. The molecule has 25 heavy (non-hydrogen) atoms. The summed E-state index contributed by atoms with van der Waals surface area (Å²) in [5.74, 6) is -0.156. The van der Waals surface area contributed by atoms with Crippen molar-refractivity contribution in [3.63, 3.8) is 0 Å². The number of sulfonamides is 1. The summed E-state index contributed by atoms with van der Waals surface area (Å²) in [5, 5.41) is 3.33. The molecule has 0 aliphatic carbocycles. The third kappa shape index (κ3) is 3.50. The largest absolute Gasteiger partial charge is 0.350 e. The molecule has 0 radical (unpaired) electrons. The molecule has 1 aliphatic heterocycles. The predicted molar refractivity (Wildman–Crippen MR) is 98.7 cm³/mol. The molecule has 0 saturated heterocycles. The molecule has 0 saturated carbocycles. The van der Waals surface area contributed by atoms with E-state index in [0.717, 1.165) is 5.56 Å². The number of fused-ring (bicyclic) bond motifs is 1. The van der Waals surface area contributed by atoms with Gasteiger partial charge in [0.05, 0.1) is 10.6 Å². The van der Waals surface area contributed by atoms with E-state index in [9.17, 15) is 13.2 Å². The minimum absolute atomic E-state index is 0.0440. The number of carbonyl (C=O) groups is 1. The lowest BCUT2D eigenvalue weighted by atomic mass is 10.1. The number of rotatable bonds is 4. The van der Waals surface area contributed by atoms with Gasteiger partial charge in [-0.05, 0) is 68.3 Å². The molecule has 0 aromatic heterocycles. The highest BCUT2D eigenvalue weighted by Crippen LogP contribution is 2.33. The first kappa shape index (κ1) is 17.8. The zero-order chi connectivity index (χ0) is 18.2. The van der Waals surface area contributed by atoms with Crippen LogP contribution in [0.1, 0.15) is 29.8 Å². The molecule has 3 rings (SSSR count). The van der Waals surface area contributed by atoms with Crippen molar-refractivity contribution in [1.29, 1.82) is 0 Å². The number of halogens is 1. The van der Waals surface area contributed by atoms with Crippen LogP contribution in [0.5, 0.6) is 0 Å². The van der Waals surface area contributed by atoms with Crippen LogP contribution in [0.4, 0.5) is 5.69 Å². The van der Waals surface area contributed by atoms with Gasteiger partial charge in [-0.1, -0.05) is 11.6 Å². The van der Waals surface area contributed by atoms with E-state index in [4.69, 9.17) is 11.6 Å². The van der Waals surface area contributed by atoms with Crippen molar-refractivity contribution < 1.29 is 13.2 Å². The lowest BCUT2D eigenvalue weighted by molar-refractivity contribution is 0.0943. The summed E-state index contributed by atoms with van der Waals surface area (Å²) >= 11 is 5.84. The smallest absolute Gasteiger partial charge is 0.264 e. The van der Waals surface area contributed by atoms with Crippen molar-refractivity contribution in [2.45, 2.75) is 31.2 Å². The Morgan fingerprint density at radius 2 is 1.84 bits per heavy atom. The average Bonchev–Trinajstić information content (AvgIpc) is 2.98. The molecule has 0 atom stereocenters. The van der Waals surface area contributed by atoms with Crippen LogP contribution in [0.3, 0.4) is 0 Å². The Labute approximate surface area is 152 Å². The second-order valence-electron chi connectivity index (χ2n) is 6.25. The van der Waals surface area contributed by atoms with Crippen molar-refractivity contribution in [2.24, 2.45) is 0 Å². The number of amides is 1.